The standard InChI is InChI=1S/C21H25N3O2/c25-20(23-18-7-3-1-4-8-18)15-22-17-13-11-16(12-14-17)21(26)24-19-9-5-2-6-10-19/h1,3-4,7-8,11-14,19,22H,2,5-6,9-10,15H2,(H,23,25)(H,24,26). The molecule has 2 aromatic rings. The van der Waals surface area contributed by atoms with Crippen molar-refractivity contribution in [1.82, 2.24) is 5.32 Å². The van der Waals surface area contributed by atoms with Gasteiger partial charge in [-0.15, -0.1) is 0 Å². The Morgan fingerprint density at radius 2 is 1.54 bits per heavy atom. The van der Waals surface area contributed by atoms with E-state index in [1.807, 2.05) is 42.5 Å². The van der Waals surface area contributed by atoms with Crippen molar-refractivity contribution < 1.29 is 9.59 Å². The second kappa shape index (κ2) is 9.04. The van der Waals surface area contributed by atoms with Crippen LogP contribution >= 0.6 is 0 Å². The van der Waals surface area contributed by atoms with Crippen molar-refractivity contribution >= 4 is 23.2 Å². The molecule has 2 amide bonds. The smallest absolute Gasteiger partial charge is 0.251 e. The number of para-hydroxylation sites is 1. The van der Waals surface area contributed by atoms with Crippen LogP contribution in [0, 0.1) is 0 Å². The molecule has 0 heterocycles. The molecule has 136 valence electrons. The van der Waals surface area contributed by atoms with Crippen molar-refractivity contribution in [2.75, 3.05) is 17.2 Å². The van der Waals surface area contributed by atoms with Crippen molar-refractivity contribution in [3.05, 3.63) is 60.2 Å². The van der Waals surface area contributed by atoms with Gasteiger partial charge in [0.25, 0.3) is 5.91 Å². The molecule has 1 fully saturated rings. The third kappa shape index (κ3) is 5.34. The summed E-state index contributed by atoms with van der Waals surface area (Å²) in [7, 11) is 0. The molecule has 3 rings (SSSR count). The van der Waals surface area contributed by atoms with Crippen LogP contribution in [0.15, 0.2) is 54.6 Å². The summed E-state index contributed by atoms with van der Waals surface area (Å²) in [6.07, 6.45) is 5.80. The van der Waals surface area contributed by atoms with E-state index in [-0.39, 0.29) is 18.4 Å². The van der Waals surface area contributed by atoms with Crippen molar-refractivity contribution in [1.29, 1.82) is 0 Å². The fourth-order valence-corrected chi connectivity index (χ4v) is 3.16. The minimum atomic E-state index is -0.115. The molecule has 0 radical (unpaired) electrons. The zero-order valence-corrected chi connectivity index (χ0v) is 14.8. The van der Waals surface area contributed by atoms with Crippen LogP contribution in [0.5, 0.6) is 0 Å². The number of hydrogen-bond donors (Lipinski definition) is 3. The van der Waals surface area contributed by atoms with E-state index >= 15 is 0 Å². The first-order valence-electron chi connectivity index (χ1n) is 9.20. The van der Waals surface area contributed by atoms with Crippen molar-refractivity contribution in [2.24, 2.45) is 0 Å². The number of rotatable bonds is 6. The fraction of sp³-hybridized carbons (Fsp3) is 0.333. The molecule has 0 bridgehead atoms. The van der Waals surface area contributed by atoms with Gasteiger partial charge in [-0.1, -0.05) is 37.5 Å². The molecule has 1 saturated carbocycles. The SMILES string of the molecule is O=C(CNc1ccc(C(=O)NC2CCCCC2)cc1)Nc1ccccc1. The van der Waals surface area contributed by atoms with E-state index in [4.69, 9.17) is 0 Å². The summed E-state index contributed by atoms with van der Waals surface area (Å²) in [6.45, 7) is 0.169. The minimum absolute atomic E-state index is 0.0229. The fourth-order valence-electron chi connectivity index (χ4n) is 3.16. The molecule has 0 spiro atoms. The average molecular weight is 351 g/mol. The molecule has 1 aliphatic rings. The van der Waals surface area contributed by atoms with Gasteiger partial charge in [0.2, 0.25) is 5.91 Å². The molecular weight excluding hydrogens is 326 g/mol. The van der Waals surface area contributed by atoms with Crippen LogP contribution in [-0.2, 0) is 4.79 Å². The molecule has 0 saturated heterocycles. The number of carbonyl (C=O) groups is 2. The van der Waals surface area contributed by atoms with Crippen LogP contribution in [0.1, 0.15) is 42.5 Å². The van der Waals surface area contributed by atoms with Crippen LogP contribution < -0.4 is 16.0 Å². The summed E-state index contributed by atoms with van der Waals surface area (Å²) >= 11 is 0. The van der Waals surface area contributed by atoms with E-state index in [0.29, 0.717) is 11.6 Å². The predicted octanol–water partition coefficient (Wildman–Crippen LogP) is 3.80. The van der Waals surface area contributed by atoms with E-state index < -0.39 is 0 Å². The Morgan fingerprint density at radius 1 is 0.846 bits per heavy atom. The summed E-state index contributed by atoms with van der Waals surface area (Å²) < 4.78 is 0. The quantitative estimate of drug-likeness (QED) is 0.741. The topological polar surface area (TPSA) is 70.2 Å². The predicted molar refractivity (Wildman–Crippen MR) is 104 cm³/mol. The van der Waals surface area contributed by atoms with Crippen LogP contribution in [0.25, 0.3) is 0 Å². The Balaban J connectivity index is 1.46. The minimum Gasteiger partial charge on any atom is -0.376 e. The molecule has 0 unspecified atom stereocenters. The number of nitrogens with one attached hydrogen (secondary N) is 3. The largest absolute Gasteiger partial charge is 0.376 e. The van der Waals surface area contributed by atoms with E-state index in [2.05, 4.69) is 16.0 Å². The number of amides is 2. The van der Waals surface area contributed by atoms with Crippen molar-refractivity contribution in [3.63, 3.8) is 0 Å². The number of hydrogen-bond acceptors (Lipinski definition) is 3. The number of benzene rings is 2. The second-order valence-electron chi connectivity index (χ2n) is 6.65. The van der Waals surface area contributed by atoms with Gasteiger partial charge >= 0.3 is 0 Å². The Bertz CT molecular complexity index is 723. The highest BCUT2D eigenvalue weighted by Crippen LogP contribution is 2.18. The monoisotopic (exact) mass is 351 g/mol. The Hall–Kier alpha value is -2.82. The average Bonchev–Trinajstić information content (AvgIpc) is 2.68. The van der Waals surface area contributed by atoms with E-state index in [1.54, 1.807) is 12.1 Å². The van der Waals surface area contributed by atoms with Crippen LogP contribution in [0.2, 0.25) is 0 Å². The van der Waals surface area contributed by atoms with Gasteiger partial charge in [-0.2, -0.15) is 0 Å². The summed E-state index contributed by atoms with van der Waals surface area (Å²) in [5.74, 6) is -0.138. The van der Waals surface area contributed by atoms with Gasteiger partial charge in [0, 0.05) is 23.0 Å². The molecular formula is C21H25N3O2. The van der Waals surface area contributed by atoms with E-state index in [9.17, 15) is 9.59 Å². The maximum atomic E-state index is 12.3. The van der Waals surface area contributed by atoms with Gasteiger partial charge in [0.15, 0.2) is 0 Å². The van der Waals surface area contributed by atoms with Crippen molar-refractivity contribution in [2.45, 2.75) is 38.1 Å². The summed E-state index contributed by atoms with van der Waals surface area (Å²) in [4.78, 5) is 24.2. The molecule has 26 heavy (non-hydrogen) atoms. The highest BCUT2D eigenvalue weighted by atomic mass is 16.2. The molecule has 0 aromatic heterocycles. The molecule has 0 atom stereocenters. The lowest BCUT2D eigenvalue weighted by molar-refractivity contribution is -0.114. The number of anilines is 2. The van der Waals surface area contributed by atoms with Crippen LogP contribution in [-0.4, -0.2) is 24.4 Å². The lowest BCUT2D eigenvalue weighted by atomic mass is 9.95. The third-order valence-electron chi connectivity index (χ3n) is 4.60. The van der Waals surface area contributed by atoms with E-state index in [1.165, 1.54) is 19.3 Å². The van der Waals surface area contributed by atoms with Gasteiger partial charge in [-0.3, -0.25) is 9.59 Å². The van der Waals surface area contributed by atoms with Crippen molar-refractivity contribution in [3.8, 4) is 0 Å². The van der Waals surface area contributed by atoms with Crippen LogP contribution in [0.4, 0.5) is 11.4 Å². The highest BCUT2D eigenvalue weighted by molar-refractivity contribution is 5.95. The first-order chi connectivity index (χ1) is 12.7. The summed E-state index contributed by atoms with van der Waals surface area (Å²) in [5.41, 5.74) is 2.23. The lowest BCUT2D eigenvalue weighted by Crippen LogP contribution is -2.36. The first-order valence-corrected chi connectivity index (χ1v) is 9.20. The molecule has 2 aromatic carbocycles. The Morgan fingerprint density at radius 3 is 2.23 bits per heavy atom. The summed E-state index contributed by atoms with van der Waals surface area (Å²) in [6, 6.07) is 16.9. The van der Waals surface area contributed by atoms with Gasteiger partial charge in [0.1, 0.15) is 0 Å². The molecule has 3 N–H and O–H groups in total. The zero-order chi connectivity index (χ0) is 18.2. The first kappa shape index (κ1) is 18.0. The summed E-state index contributed by atoms with van der Waals surface area (Å²) in [5, 5.41) is 9.00. The van der Waals surface area contributed by atoms with Crippen LogP contribution in [0.3, 0.4) is 0 Å². The van der Waals surface area contributed by atoms with Gasteiger partial charge in [0.05, 0.1) is 6.54 Å². The van der Waals surface area contributed by atoms with Gasteiger partial charge < -0.3 is 16.0 Å². The van der Waals surface area contributed by atoms with E-state index in [0.717, 1.165) is 24.2 Å². The highest BCUT2D eigenvalue weighted by Gasteiger charge is 2.16. The third-order valence-corrected chi connectivity index (χ3v) is 4.60. The molecule has 5 nitrogen and oxygen atoms in total. The lowest BCUT2D eigenvalue weighted by Gasteiger charge is -2.22. The molecule has 5 heteroatoms. The maximum absolute atomic E-state index is 12.3. The Labute approximate surface area is 154 Å². The van der Waals surface area contributed by atoms with Gasteiger partial charge in [-0.05, 0) is 49.2 Å². The Kier molecular flexibility index (Phi) is 6.25. The normalized spacial score (nSPS) is 14.5. The second-order valence-corrected chi connectivity index (χ2v) is 6.65. The molecule has 0 aliphatic heterocycles. The molecule has 1 aliphatic carbocycles. The zero-order valence-electron chi connectivity index (χ0n) is 14.8. The maximum Gasteiger partial charge on any atom is 0.251 e. The number of carbonyl (C=O) groups excluding carboxylic acids is 2. The van der Waals surface area contributed by atoms with Gasteiger partial charge in [-0.25, -0.2) is 0 Å².